The average molecular weight is 623 g/mol. The van der Waals surface area contributed by atoms with Gasteiger partial charge in [0.25, 0.3) is 0 Å². The quantitative estimate of drug-likeness (QED) is 0.0972. The molecule has 0 radical (unpaired) electrons. The number of para-hydroxylation sites is 2. The van der Waals surface area contributed by atoms with E-state index in [-0.39, 0.29) is 19.3 Å². The lowest BCUT2D eigenvalue weighted by atomic mass is 10.0. The summed E-state index contributed by atoms with van der Waals surface area (Å²) in [4.78, 5) is 58.5. The molecule has 0 fully saturated rings. The fourth-order valence-electron chi connectivity index (χ4n) is 4.99. The second kappa shape index (κ2) is 14.9. The molecule has 0 saturated carbocycles. The minimum Gasteiger partial charge on any atom is -0.480 e. The number of carboxylic acid groups (broad SMARTS) is 1. The summed E-state index contributed by atoms with van der Waals surface area (Å²) in [5.74, 6) is -2.73. The number of thioether (sulfide) groups is 1. The number of carbonyl (C=O) groups excluding carboxylic acids is 3. The van der Waals surface area contributed by atoms with Gasteiger partial charge in [0, 0.05) is 47.0 Å². The first kappa shape index (κ1) is 32.6. The number of aromatic amines is 2. The lowest BCUT2D eigenvalue weighted by molar-refractivity contribution is -0.142. The van der Waals surface area contributed by atoms with Crippen LogP contribution in [-0.2, 0) is 32.0 Å². The van der Waals surface area contributed by atoms with Gasteiger partial charge in [0.1, 0.15) is 24.2 Å². The third-order valence-corrected chi connectivity index (χ3v) is 8.16. The Morgan fingerprint density at radius 2 is 1.27 bits per heavy atom. The molecule has 5 unspecified atom stereocenters. The molecule has 2 aromatic heterocycles. The van der Waals surface area contributed by atoms with Gasteiger partial charge >= 0.3 is 5.97 Å². The van der Waals surface area contributed by atoms with Crippen molar-refractivity contribution < 1.29 is 29.4 Å². The third kappa shape index (κ3) is 7.98. The molecule has 5 atom stereocenters. The number of hydrogen-bond acceptors (Lipinski definition) is 7. The zero-order valence-electron chi connectivity index (χ0n) is 24.5. The predicted octanol–water partition coefficient (Wildman–Crippen LogP) is 1.43. The molecular weight excluding hydrogens is 584 g/mol. The Hall–Kier alpha value is -4.33. The highest BCUT2D eigenvalue weighted by Crippen LogP contribution is 2.21. The molecule has 4 aromatic rings. The zero-order chi connectivity index (χ0) is 31.8. The van der Waals surface area contributed by atoms with Crippen LogP contribution in [0.15, 0.2) is 60.9 Å². The first-order valence-corrected chi connectivity index (χ1v) is 15.6. The van der Waals surface area contributed by atoms with Crippen LogP contribution in [0, 0.1) is 0 Å². The predicted molar refractivity (Wildman–Crippen MR) is 170 cm³/mol. The van der Waals surface area contributed by atoms with E-state index in [1.807, 2.05) is 54.8 Å². The Morgan fingerprint density at radius 1 is 0.795 bits per heavy atom. The number of aliphatic hydroxyl groups is 1. The number of fused-ring (bicyclic) bond motifs is 2. The van der Waals surface area contributed by atoms with Gasteiger partial charge in [0.2, 0.25) is 17.7 Å². The number of rotatable bonds is 15. The van der Waals surface area contributed by atoms with Crippen molar-refractivity contribution in [2.45, 2.75) is 56.5 Å². The van der Waals surface area contributed by atoms with Crippen LogP contribution in [0.5, 0.6) is 0 Å². The maximum atomic E-state index is 13.8. The average Bonchev–Trinajstić information content (AvgIpc) is 3.61. The lowest BCUT2D eigenvalue weighted by Gasteiger charge is -2.25. The Bertz CT molecular complexity index is 1620. The minimum absolute atomic E-state index is 0.0163. The second-order valence-electron chi connectivity index (χ2n) is 10.7. The van der Waals surface area contributed by atoms with Crippen LogP contribution in [0.4, 0.5) is 0 Å². The molecule has 13 heteroatoms. The standard InChI is InChI=1S/C31H38N6O6S/c1-17(38)27(32)30(41)35-24(11-12-44-2)28(39)36-25(13-18-15-33-22-9-5-3-7-20(18)22)29(40)37-26(31(42)43)14-19-16-34-23-10-6-4-8-21(19)23/h3-10,15-17,24-27,33-34,38H,11-14,32H2,1-2H3,(H,35,41)(H,36,39)(H,37,40)(H,42,43). The summed E-state index contributed by atoms with van der Waals surface area (Å²) in [5, 5.41) is 29.4. The molecule has 2 aromatic carbocycles. The molecule has 12 nitrogen and oxygen atoms in total. The highest BCUT2D eigenvalue weighted by atomic mass is 32.2. The first-order valence-electron chi connectivity index (χ1n) is 14.3. The van der Waals surface area contributed by atoms with Crippen LogP contribution in [-0.4, -0.2) is 86.2 Å². The van der Waals surface area contributed by atoms with E-state index < -0.39 is 54.0 Å². The van der Waals surface area contributed by atoms with Gasteiger partial charge in [0.05, 0.1) is 6.10 Å². The Kier molecular flexibility index (Phi) is 11.0. The third-order valence-electron chi connectivity index (χ3n) is 7.51. The van der Waals surface area contributed by atoms with Gasteiger partial charge in [-0.2, -0.15) is 11.8 Å². The SMILES string of the molecule is CSCCC(NC(=O)C(N)C(C)O)C(=O)NC(Cc1c[nH]c2ccccc12)C(=O)NC(Cc1c[nH]c2ccccc12)C(=O)O. The van der Waals surface area contributed by atoms with Gasteiger partial charge in [0.15, 0.2) is 0 Å². The summed E-state index contributed by atoms with van der Waals surface area (Å²) in [7, 11) is 0. The normalized spacial score (nSPS) is 14.8. The Morgan fingerprint density at radius 3 is 1.80 bits per heavy atom. The number of benzene rings is 2. The van der Waals surface area contributed by atoms with Crippen molar-refractivity contribution in [1.82, 2.24) is 25.9 Å². The van der Waals surface area contributed by atoms with E-state index in [4.69, 9.17) is 5.73 Å². The largest absolute Gasteiger partial charge is 0.480 e. The highest BCUT2D eigenvalue weighted by Gasteiger charge is 2.32. The molecule has 0 aliphatic carbocycles. The van der Waals surface area contributed by atoms with Gasteiger partial charge < -0.3 is 41.9 Å². The molecule has 234 valence electrons. The maximum absolute atomic E-state index is 13.8. The number of carbonyl (C=O) groups is 4. The van der Waals surface area contributed by atoms with Gasteiger partial charge in [-0.15, -0.1) is 0 Å². The van der Waals surface area contributed by atoms with Gasteiger partial charge in [-0.05, 0) is 48.6 Å². The van der Waals surface area contributed by atoms with Crippen LogP contribution >= 0.6 is 11.8 Å². The molecule has 0 aliphatic heterocycles. The number of nitrogens with two attached hydrogens (primary N) is 1. The number of amides is 3. The molecule has 2 heterocycles. The topological polar surface area (TPSA) is 202 Å². The number of nitrogens with one attached hydrogen (secondary N) is 5. The van der Waals surface area contributed by atoms with E-state index in [1.165, 1.54) is 18.7 Å². The number of H-pyrrole nitrogens is 2. The van der Waals surface area contributed by atoms with Crippen molar-refractivity contribution in [1.29, 1.82) is 0 Å². The van der Waals surface area contributed by atoms with Crippen LogP contribution < -0.4 is 21.7 Å². The number of aromatic nitrogens is 2. The van der Waals surface area contributed by atoms with E-state index in [9.17, 15) is 29.4 Å². The molecule has 0 bridgehead atoms. The number of hydrogen-bond donors (Lipinski definition) is 8. The smallest absolute Gasteiger partial charge is 0.326 e. The Balaban J connectivity index is 1.58. The molecule has 0 saturated heterocycles. The summed E-state index contributed by atoms with van der Waals surface area (Å²) in [6.45, 7) is 1.37. The first-order chi connectivity index (χ1) is 21.1. The molecular formula is C31H38N6O6S. The molecule has 44 heavy (non-hydrogen) atoms. The lowest BCUT2D eigenvalue weighted by Crippen LogP contribution is -2.58. The summed E-state index contributed by atoms with van der Waals surface area (Å²) >= 11 is 1.47. The van der Waals surface area contributed by atoms with Crippen molar-refractivity contribution >= 4 is 57.3 Å². The van der Waals surface area contributed by atoms with E-state index in [0.29, 0.717) is 5.75 Å². The number of aliphatic carboxylic acids is 1. The van der Waals surface area contributed by atoms with Gasteiger partial charge in [-0.25, -0.2) is 4.79 Å². The fourth-order valence-corrected chi connectivity index (χ4v) is 5.46. The highest BCUT2D eigenvalue weighted by molar-refractivity contribution is 7.98. The van der Waals surface area contributed by atoms with E-state index in [0.717, 1.165) is 32.9 Å². The van der Waals surface area contributed by atoms with Gasteiger partial charge in [-0.1, -0.05) is 36.4 Å². The summed E-state index contributed by atoms with van der Waals surface area (Å²) in [5.41, 5.74) is 8.93. The molecule has 4 rings (SSSR count). The molecule has 0 aliphatic rings. The van der Waals surface area contributed by atoms with E-state index >= 15 is 0 Å². The zero-order valence-corrected chi connectivity index (χ0v) is 25.3. The van der Waals surface area contributed by atoms with Crippen molar-refractivity contribution in [3.05, 3.63) is 72.1 Å². The van der Waals surface area contributed by atoms with Crippen molar-refractivity contribution in [3.8, 4) is 0 Å². The fraction of sp³-hybridized carbons (Fsp3) is 0.355. The minimum atomic E-state index is -1.28. The van der Waals surface area contributed by atoms with Crippen molar-refractivity contribution in [3.63, 3.8) is 0 Å². The second-order valence-corrected chi connectivity index (χ2v) is 11.7. The van der Waals surface area contributed by atoms with Crippen LogP contribution in [0.25, 0.3) is 21.8 Å². The van der Waals surface area contributed by atoms with Crippen molar-refractivity contribution in [2.24, 2.45) is 5.73 Å². The van der Waals surface area contributed by atoms with Crippen LogP contribution in [0.1, 0.15) is 24.5 Å². The summed E-state index contributed by atoms with van der Waals surface area (Å²) < 4.78 is 0. The molecule has 3 amide bonds. The monoisotopic (exact) mass is 622 g/mol. The molecule has 9 N–H and O–H groups in total. The number of aliphatic hydroxyl groups excluding tert-OH is 1. The van der Waals surface area contributed by atoms with Crippen LogP contribution in [0.3, 0.4) is 0 Å². The Labute approximate surface area is 258 Å². The van der Waals surface area contributed by atoms with Crippen molar-refractivity contribution in [2.75, 3.05) is 12.0 Å². The summed E-state index contributed by atoms with van der Waals surface area (Å²) in [6, 6.07) is 10.2. The van der Waals surface area contributed by atoms with Gasteiger partial charge in [-0.3, -0.25) is 14.4 Å². The van der Waals surface area contributed by atoms with E-state index in [1.54, 1.807) is 12.4 Å². The molecule has 0 spiro atoms. The number of carboxylic acids is 1. The maximum Gasteiger partial charge on any atom is 0.326 e. The van der Waals surface area contributed by atoms with Crippen LogP contribution in [0.2, 0.25) is 0 Å². The van der Waals surface area contributed by atoms with E-state index in [2.05, 4.69) is 25.9 Å². The summed E-state index contributed by atoms with van der Waals surface area (Å²) in [6.07, 6.45) is 4.49.